The summed E-state index contributed by atoms with van der Waals surface area (Å²) >= 11 is 1.33. The molecule has 7 nitrogen and oxygen atoms in total. The normalized spacial score (nSPS) is 25.5. The second-order valence-corrected chi connectivity index (χ2v) is 7.44. The summed E-state index contributed by atoms with van der Waals surface area (Å²) in [4.78, 5) is 38.6. The number of nitrogens with one attached hydrogen (secondary N) is 2. The Kier molecular flexibility index (Phi) is 7.02. The highest BCUT2D eigenvalue weighted by molar-refractivity contribution is 7.14. The first-order chi connectivity index (χ1) is 12.0. The van der Waals surface area contributed by atoms with Gasteiger partial charge < -0.3 is 20.3 Å². The number of hydrogen-bond donors (Lipinski definition) is 2. The minimum absolute atomic E-state index is 0. The zero-order chi connectivity index (χ0) is 18.0. The Balaban J connectivity index is 0.00000243. The summed E-state index contributed by atoms with van der Waals surface area (Å²) in [5.41, 5.74) is 0.389. The molecule has 3 rings (SSSR count). The van der Waals surface area contributed by atoms with Crippen LogP contribution in [0.15, 0.2) is 11.4 Å². The molecule has 0 saturated carbocycles. The molecule has 2 fully saturated rings. The molecule has 3 heterocycles. The number of nitrogens with zero attached hydrogens (tertiary/aromatic N) is 1. The Bertz CT molecular complexity index is 681. The number of halogens is 1. The number of methoxy groups -OCH3 is 1. The number of amides is 2. The lowest BCUT2D eigenvalue weighted by atomic mass is 9.92. The maximum Gasteiger partial charge on any atom is 0.340 e. The molecule has 0 bridgehead atoms. The first kappa shape index (κ1) is 20.7. The fourth-order valence-electron chi connectivity index (χ4n) is 3.45. The molecule has 0 radical (unpaired) electrons. The Morgan fingerprint density at radius 2 is 2.15 bits per heavy atom. The minimum atomic E-state index is -0.523. The van der Waals surface area contributed by atoms with Crippen molar-refractivity contribution in [2.75, 3.05) is 25.1 Å². The van der Waals surface area contributed by atoms with Crippen LogP contribution < -0.4 is 15.5 Å². The van der Waals surface area contributed by atoms with Gasteiger partial charge in [-0.2, -0.15) is 0 Å². The van der Waals surface area contributed by atoms with Crippen molar-refractivity contribution in [2.45, 2.75) is 38.3 Å². The van der Waals surface area contributed by atoms with Crippen molar-refractivity contribution in [3.8, 4) is 0 Å². The third-order valence-electron chi connectivity index (χ3n) is 4.81. The molecule has 2 aliphatic heterocycles. The number of rotatable bonds is 4. The molecule has 0 aliphatic carbocycles. The number of piperidine rings is 1. The molecular weight excluding hydrogens is 378 g/mol. The van der Waals surface area contributed by atoms with E-state index in [1.807, 2.05) is 0 Å². The predicted molar refractivity (Wildman–Crippen MR) is 102 cm³/mol. The van der Waals surface area contributed by atoms with Crippen LogP contribution in [-0.4, -0.2) is 50.1 Å². The summed E-state index contributed by atoms with van der Waals surface area (Å²) in [6.07, 6.45) is 2.12. The maximum atomic E-state index is 12.7. The van der Waals surface area contributed by atoms with E-state index >= 15 is 0 Å². The topological polar surface area (TPSA) is 87.7 Å². The Labute approximate surface area is 162 Å². The highest BCUT2D eigenvalue weighted by atomic mass is 35.5. The summed E-state index contributed by atoms with van der Waals surface area (Å²) in [6.45, 7) is 3.37. The standard InChI is InChI=1S/C17H23N3O4S.ClH/c1-10-9-11(3-6-18-10)14(21)19-13-4-7-20(15(13)22)16-12(5-8-25-16)17(23)24-2;/h5,8,10-11,13,18H,3-4,6-7,9H2,1-2H3,(H,19,21);1H/t10-,11-,13?;/m0./s1. The molecule has 2 N–H and O–H groups in total. The van der Waals surface area contributed by atoms with Gasteiger partial charge in [-0.25, -0.2) is 4.79 Å². The van der Waals surface area contributed by atoms with E-state index in [0.717, 1.165) is 19.4 Å². The quantitative estimate of drug-likeness (QED) is 0.747. The van der Waals surface area contributed by atoms with Crippen LogP contribution in [-0.2, 0) is 14.3 Å². The van der Waals surface area contributed by atoms with Crippen LogP contribution in [0.4, 0.5) is 5.00 Å². The fourth-order valence-corrected chi connectivity index (χ4v) is 4.37. The molecule has 1 aromatic heterocycles. The van der Waals surface area contributed by atoms with E-state index in [-0.39, 0.29) is 30.1 Å². The van der Waals surface area contributed by atoms with E-state index in [1.54, 1.807) is 16.3 Å². The Hall–Kier alpha value is -1.64. The van der Waals surface area contributed by atoms with Gasteiger partial charge in [0.15, 0.2) is 0 Å². The third kappa shape index (κ3) is 4.19. The highest BCUT2D eigenvalue weighted by Crippen LogP contribution is 2.32. The van der Waals surface area contributed by atoms with Crippen molar-refractivity contribution in [3.05, 3.63) is 17.0 Å². The average Bonchev–Trinajstić information content (AvgIpc) is 3.21. The number of esters is 1. The number of anilines is 1. The van der Waals surface area contributed by atoms with Crippen LogP contribution in [0, 0.1) is 5.92 Å². The zero-order valence-corrected chi connectivity index (χ0v) is 16.5. The van der Waals surface area contributed by atoms with E-state index < -0.39 is 12.0 Å². The Morgan fingerprint density at radius 1 is 1.38 bits per heavy atom. The van der Waals surface area contributed by atoms with E-state index in [2.05, 4.69) is 17.6 Å². The van der Waals surface area contributed by atoms with Gasteiger partial charge in [-0.05, 0) is 44.2 Å². The summed E-state index contributed by atoms with van der Waals surface area (Å²) in [5, 5.41) is 8.57. The number of carbonyl (C=O) groups excluding carboxylic acids is 3. The van der Waals surface area contributed by atoms with Crippen molar-refractivity contribution in [3.63, 3.8) is 0 Å². The first-order valence-corrected chi connectivity index (χ1v) is 9.40. The van der Waals surface area contributed by atoms with Gasteiger partial charge in [0.1, 0.15) is 11.0 Å². The molecule has 2 aliphatic rings. The van der Waals surface area contributed by atoms with Crippen molar-refractivity contribution in [1.82, 2.24) is 10.6 Å². The van der Waals surface area contributed by atoms with Crippen LogP contribution in [0.1, 0.15) is 36.5 Å². The van der Waals surface area contributed by atoms with E-state index in [1.165, 1.54) is 18.4 Å². The van der Waals surface area contributed by atoms with Gasteiger partial charge in [0.25, 0.3) is 0 Å². The molecule has 2 amide bonds. The van der Waals surface area contributed by atoms with Crippen molar-refractivity contribution in [2.24, 2.45) is 5.92 Å². The molecule has 2 saturated heterocycles. The zero-order valence-electron chi connectivity index (χ0n) is 14.8. The van der Waals surface area contributed by atoms with Gasteiger partial charge in [-0.3, -0.25) is 9.59 Å². The molecule has 0 aromatic carbocycles. The second-order valence-electron chi connectivity index (χ2n) is 6.55. The summed E-state index contributed by atoms with van der Waals surface area (Å²) in [7, 11) is 1.32. The van der Waals surface area contributed by atoms with Crippen LogP contribution in [0.25, 0.3) is 0 Å². The summed E-state index contributed by atoms with van der Waals surface area (Å²) in [5.74, 6) is -0.721. The first-order valence-electron chi connectivity index (χ1n) is 8.52. The summed E-state index contributed by atoms with van der Waals surface area (Å²) < 4.78 is 4.76. The van der Waals surface area contributed by atoms with Gasteiger partial charge >= 0.3 is 5.97 Å². The van der Waals surface area contributed by atoms with Crippen LogP contribution in [0.3, 0.4) is 0 Å². The lowest BCUT2D eigenvalue weighted by molar-refractivity contribution is -0.130. The smallest absolute Gasteiger partial charge is 0.340 e. The van der Waals surface area contributed by atoms with Gasteiger partial charge in [0.2, 0.25) is 11.8 Å². The molecule has 9 heteroatoms. The minimum Gasteiger partial charge on any atom is -0.465 e. The van der Waals surface area contributed by atoms with Crippen molar-refractivity contribution >= 4 is 46.5 Å². The van der Waals surface area contributed by atoms with Gasteiger partial charge in [-0.15, -0.1) is 23.7 Å². The molecular formula is C17H24ClN3O4S. The largest absolute Gasteiger partial charge is 0.465 e. The fraction of sp³-hybridized carbons (Fsp3) is 0.588. The van der Waals surface area contributed by atoms with Crippen LogP contribution in [0.5, 0.6) is 0 Å². The van der Waals surface area contributed by atoms with Crippen molar-refractivity contribution in [1.29, 1.82) is 0 Å². The third-order valence-corrected chi connectivity index (χ3v) is 5.75. The number of hydrogen-bond acceptors (Lipinski definition) is 6. The number of thiophene rings is 1. The lowest BCUT2D eigenvalue weighted by Crippen LogP contribution is -2.47. The molecule has 144 valence electrons. The molecule has 0 spiro atoms. The van der Waals surface area contributed by atoms with Crippen LogP contribution >= 0.6 is 23.7 Å². The molecule has 3 atom stereocenters. The Morgan fingerprint density at radius 3 is 2.85 bits per heavy atom. The molecule has 1 aromatic rings. The average molecular weight is 402 g/mol. The van der Waals surface area contributed by atoms with Gasteiger partial charge in [-0.1, -0.05) is 0 Å². The van der Waals surface area contributed by atoms with Crippen LogP contribution in [0.2, 0.25) is 0 Å². The summed E-state index contributed by atoms with van der Waals surface area (Å²) in [6, 6.07) is 1.45. The monoisotopic (exact) mass is 401 g/mol. The highest BCUT2D eigenvalue weighted by Gasteiger charge is 2.37. The van der Waals surface area contributed by atoms with Gasteiger partial charge in [0, 0.05) is 18.5 Å². The number of ether oxygens (including phenoxy) is 1. The number of carbonyl (C=O) groups is 3. The van der Waals surface area contributed by atoms with E-state index in [4.69, 9.17) is 4.74 Å². The SMILES string of the molecule is COC(=O)c1ccsc1N1CCC(NC(=O)[C@H]2CCN[C@@H](C)C2)C1=O.Cl. The van der Waals surface area contributed by atoms with E-state index in [9.17, 15) is 14.4 Å². The predicted octanol–water partition coefficient (Wildman–Crippen LogP) is 1.57. The van der Waals surface area contributed by atoms with Crippen molar-refractivity contribution < 1.29 is 19.1 Å². The van der Waals surface area contributed by atoms with Gasteiger partial charge in [0.05, 0.1) is 12.7 Å². The maximum absolute atomic E-state index is 12.7. The second kappa shape index (κ2) is 8.83. The lowest BCUT2D eigenvalue weighted by Gasteiger charge is -2.28. The molecule has 26 heavy (non-hydrogen) atoms. The van der Waals surface area contributed by atoms with E-state index in [0.29, 0.717) is 29.6 Å². The molecule has 1 unspecified atom stereocenters.